The van der Waals surface area contributed by atoms with Crippen molar-refractivity contribution < 1.29 is 23.4 Å². The first kappa shape index (κ1) is 12.7. The molecule has 0 spiro atoms. The van der Waals surface area contributed by atoms with Crippen LogP contribution in [-0.4, -0.2) is 34.2 Å². The number of allylic oxidation sites excluding steroid dienone is 1. The summed E-state index contributed by atoms with van der Waals surface area (Å²) >= 11 is 0. The van der Waals surface area contributed by atoms with Gasteiger partial charge in [0.15, 0.2) is 0 Å². The quantitative estimate of drug-likeness (QED) is 0.657. The smallest absolute Gasteiger partial charge is 0.414 e. The number of hydrogen-bond donors (Lipinski definition) is 1. The maximum Gasteiger partial charge on any atom is 0.414 e. The number of rotatable bonds is 0. The number of ether oxygens (including phenoxy) is 1. The molecular formula is C10H15F2NO3. The van der Waals surface area contributed by atoms with Crippen molar-refractivity contribution in [1.82, 2.24) is 4.90 Å². The zero-order chi connectivity index (χ0) is 12.6. The molecule has 1 heterocycles. The molecule has 1 aliphatic rings. The molecule has 1 rings (SSSR count). The third-order valence-corrected chi connectivity index (χ3v) is 1.94. The van der Waals surface area contributed by atoms with Gasteiger partial charge in [-0.2, -0.15) is 0 Å². The van der Waals surface area contributed by atoms with E-state index in [2.05, 4.69) is 0 Å². The minimum atomic E-state index is -3.01. The van der Waals surface area contributed by atoms with Gasteiger partial charge >= 0.3 is 6.09 Å². The molecule has 1 fully saturated rings. The fraction of sp³-hybridized carbons (Fsp3) is 0.700. The number of likely N-dealkylation sites (tertiary alicyclic amines) is 1. The summed E-state index contributed by atoms with van der Waals surface area (Å²) < 4.78 is 31.0. The van der Waals surface area contributed by atoms with Crippen LogP contribution in [0.4, 0.5) is 13.6 Å². The van der Waals surface area contributed by atoms with Crippen molar-refractivity contribution in [2.45, 2.75) is 38.7 Å². The van der Waals surface area contributed by atoms with Crippen LogP contribution in [-0.2, 0) is 4.74 Å². The molecule has 16 heavy (non-hydrogen) atoms. The Morgan fingerprint density at radius 3 is 2.56 bits per heavy atom. The lowest BCUT2D eigenvalue weighted by molar-refractivity contribution is -0.00164. The minimum absolute atomic E-state index is 0.126. The maximum absolute atomic E-state index is 13.0. The summed E-state index contributed by atoms with van der Waals surface area (Å²) in [5.41, 5.74) is -0.880. The van der Waals surface area contributed by atoms with Crippen LogP contribution in [0.2, 0.25) is 0 Å². The first-order chi connectivity index (χ1) is 7.14. The number of aliphatic hydroxyl groups excluding tert-OH is 1. The third kappa shape index (κ3) is 3.08. The molecule has 92 valence electrons. The first-order valence-electron chi connectivity index (χ1n) is 4.86. The van der Waals surface area contributed by atoms with E-state index in [0.717, 1.165) is 4.90 Å². The van der Waals surface area contributed by atoms with Gasteiger partial charge in [0.05, 0.1) is 24.9 Å². The predicted octanol–water partition coefficient (Wildman–Crippen LogP) is 2.66. The second kappa shape index (κ2) is 3.92. The van der Waals surface area contributed by atoms with Crippen molar-refractivity contribution in [3.8, 4) is 0 Å². The van der Waals surface area contributed by atoms with E-state index in [0.29, 0.717) is 6.26 Å². The van der Waals surface area contributed by atoms with Crippen LogP contribution in [0.25, 0.3) is 0 Å². The SMILES string of the molecule is CC(C)(C)OC(=O)N1CC(F)(F)C/C1=C\O. The highest BCUT2D eigenvalue weighted by atomic mass is 19.3. The molecule has 4 nitrogen and oxygen atoms in total. The zero-order valence-corrected chi connectivity index (χ0v) is 9.46. The second-order valence-corrected chi connectivity index (χ2v) is 4.72. The van der Waals surface area contributed by atoms with Crippen LogP contribution >= 0.6 is 0 Å². The van der Waals surface area contributed by atoms with E-state index in [9.17, 15) is 13.6 Å². The Labute approximate surface area is 92.5 Å². The molecule has 0 bridgehead atoms. The van der Waals surface area contributed by atoms with Crippen molar-refractivity contribution in [3.63, 3.8) is 0 Å². The summed E-state index contributed by atoms with van der Waals surface area (Å²) in [6.45, 7) is 4.17. The van der Waals surface area contributed by atoms with E-state index >= 15 is 0 Å². The van der Waals surface area contributed by atoms with E-state index in [1.165, 1.54) is 0 Å². The van der Waals surface area contributed by atoms with E-state index in [-0.39, 0.29) is 5.70 Å². The van der Waals surface area contributed by atoms with Crippen LogP contribution in [0, 0.1) is 0 Å². The molecule has 0 aromatic carbocycles. The van der Waals surface area contributed by atoms with Gasteiger partial charge in [0.2, 0.25) is 0 Å². The lowest BCUT2D eigenvalue weighted by Crippen LogP contribution is -2.36. The third-order valence-electron chi connectivity index (χ3n) is 1.94. The van der Waals surface area contributed by atoms with Gasteiger partial charge in [0, 0.05) is 0 Å². The highest BCUT2D eigenvalue weighted by Gasteiger charge is 2.45. The summed E-state index contributed by atoms with van der Waals surface area (Å²) in [6.07, 6.45) is -1.00. The number of halogens is 2. The molecule has 0 aliphatic carbocycles. The normalized spacial score (nSPS) is 22.6. The minimum Gasteiger partial charge on any atom is -0.514 e. The summed E-state index contributed by atoms with van der Waals surface area (Å²) in [4.78, 5) is 12.3. The van der Waals surface area contributed by atoms with E-state index in [4.69, 9.17) is 9.84 Å². The standard InChI is InChI=1S/C10H15F2NO3/c1-9(2,3)16-8(15)13-6-10(11,12)4-7(13)5-14/h5,14H,4,6H2,1-3H3/b7-5+. The first-order valence-corrected chi connectivity index (χ1v) is 4.86. The van der Waals surface area contributed by atoms with E-state index < -0.39 is 30.6 Å². The predicted molar refractivity (Wildman–Crippen MR) is 53.2 cm³/mol. The molecule has 1 amide bonds. The topological polar surface area (TPSA) is 49.8 Å². The number of aliphatic hydroxyl groups is 1. The number of amides is 1. The van der Waals surface area contributed by atoms with Gasteiger partial charge in [-0.1, -0.05) is 0 Å². The zero-order valence-electron chi connectivity index (χ0n) is 9.46. The largest absolute Gasteiger partial charge is 0.514 e. The molecule has 0 radical (unpaired) electrons. The van der Waals surface area contributed by atoms with Gasteiger partial charge in [-0.25, -0.2) is 13.6 Å². The molecule has 0 unspecified atom stereocenters. The Morgan fingerprint density at radius 1 is 1.56 bits per heavy atom. The molecule has 6 heteroatoms. The van der Waals surface area contributed by atoms with Crippen molar-refractivity contribution in [1.29, 1.82) is 0 Å². The molecular weight excluding hydrogens is 220 g/mol. The van der Waals surface area contributed by atoms with Crippen LogP contribution in [0.1, 0.15) is 27.2 Å². The Morgan fingerprint density at radius 2 is 2.12 bits per heavy atom. The molecule has 1 N–H and O–H groups in total. The maximum atomic E-state index is 13.0. The van der Waals surface area contributed by atoms with Gasteiger partial charge in [-0.05, 0) is 20.8 Å². The van der Waals surface area contributed by atoms with Gasteiger partial charge in [-0.15, -0.1) is 0 Å². The van der Waals surface area contributed by atoms with Crippen molar-refractivity contribution in [3.05, 3.63) is 12.0 Å². The van der Waals surface area contributed by atoms with Gasteiger partial charge in [-0.3, -0.25) is 4.90 Å². The van der Waals surface area contributed by atoms with E-state index in [1.807, 2.05) is 0 Å². The summed E-state index contributed by atoms with van der Waals surface area (Å²) in [7, 11) is 0. The summed E-state index contributed by atoms with van der Waals surface area (Å²) in [5, 5.41) is 8.77. The number of alkyl halides is 2. The van der Waals surface area contributed by atoms with E-state index in [1.54, 1.807) is 20.8 Å². The molecule has 0 saturated carbocycles. The Balaban J connectivity index is 2.77. The Bertz CT molecular complexity index is 321. The average molecular weight is 235 g/mol. The number of carbonyl (C=O) groups excluding carboxylic acids is 1. The monoisotopic (exact) mass is 235 g/mol. The number of nitrogens with zero attached hydrogens (tertiary/aromatic N) is 1. The van der Waals surface area contributed by atoms with Crippen LogP contribution in [0.15, 0.2) is 12.0 Å². The van der Waals surface area contributed by atoms with Crippen molar-refractivity contribution in [2.24, 2.45) is 0 Å². The Hall–Kier alpha value is -1.33. The molecule has 0 aromatic heterocycles. The average Bonchev–Trinajstić information content (AvgIpc) is 2.38. The molecule has 0 atom stereocenters. The number of hydrogen-bond acceptors (Lipinski definition) is 3. The molecule has 0 aromatic rings. The second-order valence-electron chi connectivity index (χ2n) is 4.72. The summed E-state index contributed by atoms with van der Waals surface area (Å²) in [6, 6.07) is 0. The lowest BCUT2D eigenvalue weighted by Gasteiger charge is -2.24. The fourth-order valence-corrected chi connectivity index (χ4v) is 1.36. The van der Waals surface area contributed by atoms with Crippen molar-refractivity contribution in [2.75, 3.05) is 6.54 Å². The lowest BCUT2D eigenvalue weighted by atomic mass is 10.2. The molecule has 1 aliphatic heterocycles. The van der Waals surface area contributed by atoms with Gasteiger partial charge < -0.3 is 9.84 Å². The number of carbonyl (C=O) groups is 1. The Kier molecular flexibility index (Phi) is 3.12. The van der Waals surface area contributed by atoms with Crippen molar-refractivity contribution >= 4 is 6.09 Å². The highest BCUT2D eigenvalue weighted by molar-refractivity contribution is 5.71. The van der Waals surface area contributed by atoms with Gasteiger partial charge in [0.25, 0.3) is 5.92 Å². The van der Waals surface area contributed by atoms with Crippen LogP contribution in [0.5, 0.6) is 0 Å². The van der Waals surface area contributed by atoms with Crippen LogP contribution < -0.4 is 0 Å². The van der Waals surface area contributed by atoms with Crippen LogP contribution in [0.3, 0.4) is 0 Å². The highest BCUT2D eigenvalue weighted by Crippen LogP contribution is 2.35. The van der Waals surface area contributed by atoms with Gasteiger partial charge in [0.1, 0.15) is 5.60 Å². The molecule has 1 saturated heterocycles. The fourth-order valence-electron chi connectivity index (χ4n) is 1.36. The summed E-state index contributed by atoms with van der Waals surface area (Å²) in [5.74, 6) is -3.01.